The molecule has 6 nitrogen and oxygen atoms in total. The summed E-state index contributed by atoms with van der Waals surface area (Å²) in [5.41, 5.74) is 0.218. The molecule has 1 fully saturated rings. The Morgan fingerprint density at radius 1 is 1.47 bits per heavy atom. The minimum absolute atomic E-state index is 0.0775. The van der Waals surface area contributed by atoms with Crippen LogP contribution in [0.3, 0.4) is 0 Å². The number of phenolic OH excluding ortho intramolecular Hbond substituents is 1. The van der Waals surface area contributed by atoms with Crippen LogP contribution < -0.4 is 5.32 Å². The zero-order valence-corrected chi connectivity index (χ0v) is 11.6. The molecule has 0 spiro atoms. The zero-order chi connectivity index (χ0) is 14.2. The summed E-state index contributed by atoms with van der Waals surface area (Å²) in [5, 5.41) is 11.7. The Bertz CT molecular complexity index is 573. The third-order valence-electron chi connectivity index (χ3n) is 2.88. The number of benzene rings is 1. The van der Waals surface area contributed by atoms with Crippen LogP contribution in [0.25, 0.3) is 0 Å². The molecule has 1 aromatic rings. The van der Waals surface area contributed by atoms with Gasteiger partial charge in [-0.3, -0.25) is 19.7 Å². The van der Waals surface area contributed by atoms with Gasteiger partial charge in [-0.25, -0.2) is 0 Å². The normalized spacial score (nSPS) is 19.3. The van der Waals surface area contributed by atoms with Crippen molar-refractivity contribution in [1.82, 2.24) is 10.2 Å². The van der Waals surface area contributed by atoms with Gasteiger partial charge >= 0.3 is 0 Å². The van der Waals surface area contributed by atoms with Gasteiger partial charge in [-0.15, -0.1) is 0 Å². The van der Waals surface area contributed by atoms with Crippen LogP contribution in [-0.2, 0) is 9.59 Å². The van der Waals surface area contributed by atoms with Crippen LogP contribution >= 0.6 is 15.9 Å². The second-order valence-corrected chi connectivity index (χ2v) is 5.04. The number of hydrogen-bond donors (Lipinski definition) is 2. The number of imide groups is 1. The predicted octanol–water partition coefficient (Wildman–Crippen LogP) is 0.642. The summed E-state index contributed by atoms with van der Waals surface area (Å²) in [6.07, 6.45) is 0. The van der Waals surface area contributed by atoms with Crippen LogP contribution in [0.5, 0.6) is 5.75 Å². The molecule has 100 valence electrons. The first-order valence-corrected chi connectivity index (χ1v) is 6.32. The summed E-state index contributed by atoms with van der Waals surface area (Å²) in [7, 11) is 0. The number of rotatable bonds is 1. The zero-order valence-electron chi connectivity index (χ0n) is 10.0. The van der Waals surface area contributed by atoms with E-state index in [-0.39, 0.29) is 17.9 Å². The van der Waals surface area contributed by atoms with Gasteiger partial charge in [0.1, 0.15) is 18.3 Å². The van der Waals surface area contributed by atoms with Crippen LogP contribution in [0.1, 0.15) is 17.3 Å². The highest BCUT2D eigenvalue weighted by Gasteiger charge is 2.34. The molecule has 7 heteroatoms. The number of carbonyl (C=O) groups excluding carboxylic acids is 3. The smallest absolute Gasteiger partial charge is 0.255 e. The van der Waals surface area contributed by atoms with Crippen molar-refractivity contribution in [3.63, 3.8) is 0 Å². The first kappa shape index (κ1) is 13.5. The Labute approximate surface area is 117 Å². The van der Waals surface area contributed by atoms with E-state index in [1.54, 1.807) is 6.92 Å². The third-order valence-corrected chi connectivity index (χ3v) is 3.55. The fraction of sp³-hybridized carbons (Fsp3) is 0.250. The van der Waals surface area contributed by atoms with Gasteiger partial charge < -0.3 is 10.0 Å². The lowest BCUT2D eigenvalue weighted by Crippen LogP contribution is -2.58. The second-order valence-electron chi connectivity index (χ2n) is 4.19. The number of aromatic hydroxyl groups is 1. The molecule has 0 saturated carbocycles. The molecular formula is C12H11BrN2O4. The molecule has 19 heavy (non-hydrogen) atoms. The van der Waals surface area contributed by atoms with Gasteiger partial charge in [0, 0.05) is 5.56 Å². The van der Waals surface area contributed by atoms with E-state index in [0.29, 0.717) is 4.47 Å². The fourth-order valence-corrected chi connectivity index (χ4v) is 2.02. The molecule has 1 saturated heterocycles. The predicted molar refractivity (Wildman–Crippen MR) is 69.5 cm³/mol. The molecule has 1 aliphatic rings. The van der Waals surface area contributed by atoms with Crippen molar-refractivity contribution in [2.75, 3.05) is 6.54 Å². The first-order chi connectivity index (χ1) is 8.90. The lowest BCUT2D eigenvalue weighted by Gasteiger charge is -2.31. The molecular weight excluding hydrogens is 316 g/mol. The van der Waals surface area contributed by atoms with Crippen molar-refractivity contribution >= 4 is 33.7 Å². The maximum atomic E-state index is 12.2. The van der Waals surface area contributed by atoms with E-state index in [1.807, 2.05) is 0 Å². The van der Waals surface area contributed by atoms with Gasteiger partial charge in [0.25, 0.3) is 5.91 Å². The van der Waals surface area contributed by atoms with Crippen molar-refractivity contribution < 1.29 is 19.5 Å². The molecule has 0 bridgehead atoms. The minimum Gasteiger partial charge on any atom is -0.507 e. The largest absolute Gasteiger partial charge is 0.507 e. The quantitative estimate of drug-likeness (QED) is 0.741. The van der Waals surface area contributed by atoms with Gasteiger partial charge in [0.15, 0.2) is 0 Å². The van der Waals surface area contributed by atoms with E-state index in [4.69, 9.17) is 0 Å². The summed E-state index contributed by atoms with van der Waals surface area (Å²) >= 11 is 3.11. The topological polar surface area (TPSA) is 86.7 Å². The number of amides is 3. The molecule has 0 aromatic heterocycles. The van der Waals surface area contributed by atoms with Crippen LogP contribution in [0.4, 0.5) is 0 Å². The summed E-state index contributed by atoms with van der Waals surface area (Å²) in [6.45, 7) is 1.36. The lowest BCUT2D eigenvalue weighted by atomic mass is 10.1. The molecule has 0 radical (unpaired) electrons. The number of phenols is 1. The van der Waals surface area contributed by atoms with Gasteiger partial charge in [0.2, 0.25) is 11.8 Å². The van der Waals surface area contributed by atoms with E-state index < -0.39 is 23.8 Å². The maximum absolute atomic E-state index is 12.2. The first-order valence-electron chi connectivity index (χ1n) is 5.53. The van der Waals surface area contributed by atoms with Crippen molar-refractivity contribution in [2.24, 2.45) is 0 Å². The highest BCUT2D eigenvalue weighted by atomic mass is 79.9. The molecule has 1 aromatic carbocycles. The molecule has 2 rings (SSSR count). The third kappa shape index (κ3) is 2.60. The number of carbonyl (C=O) groups is 3. The highest BCUT2D eigenvalue weighted by Crippen LogP contribution is 2.25. The number of hydrogen-bond acceptors (Lipinski definition) is 4. The Kier molecular flexibility index (Phi) is 3.57. The van der Waals surface area contributed by atoms with Crippen molar-refractivity contribution in [3.05, 3.63) is 28.2 Å². The average Bonchev–Trinajstić information content (AvgIpc) is 2.36. The number of piperazine rings is 1. The summed E-state index contributed by atoms with van der Waals surface area (Å²) in [6, 6.07) is 3.60. The maximum Gasteiger partial charge on any atom is 0.255 e. The molecule has 1 atom stereocenters. The van der Waals surface area contributed by atoms with Crippen LogP contribution in [0.2, 0.25) is 0 Å². The Balaban J connectivity index is 2.29. The van der Waals surface area contributed by atoms with Gasteiger partial charge in [-0.05, 0) is 41.1 Å². The van der Waals surface area contributed by atoms with Crippen molar-refractivity contribution in [3.8, 4) is 5.75 Å². The van der Waals surface area contributed by atoms with E-state index >= 15 is 0 Å². The number of nitrogens with one attached hydrogen (secondary N) is 1. The minimum atomic E-state index is -0.726. The molecule has 3 amide bonds. The standard InChI is InChI=1S/C12H11BrN2O4/c1-6-11(18)14-10(17)5-15(6)12(19)7-2-3-8(13)9(16)4-7/h2-4,6,16H,5H2,1H3,(H,14,17,18). The molecule has 1 aliphatic heterocycles. The summed E-state index contributed by atoms with van der Waals surface area (Å²) < 4.78 is 0.463. The van der Waals surface area contributed by atoms with E-state index in [2.05, 4.69) is 21.2 Å². The van der Waals surface area contributed by atoms with Gasteiger partial charge in [0.05, 0.1) is 4.47 Å². The summed E-state index contributed by atoms with van der Waals surface area (Å²) in [5.74, 6) is -1.58. The van der Waals surface area contributed by atoms with Crippen LogP contribution in [0.15, 0.2) is 22.7 Å². The van der Waals surface area contributed by atoms with E-state index in [1.165, 1.54) is 23.1 Å². The number of halogens is 1. The van der Waals surface area contributed by atoms with Crippen LogP contribution in [0, 0.1) is 0 Å². The lowest BCUT2D eigenvalue weighted by molar-refractivity contribution is -0.138. The van der Waals surface area contributed by atoms with E-state index in [9.17, 15) is 19.5 Å². The molecule has 0 aliphatic carbocycles. The van der Waals surface area contributed by atoms with Gasteiger partial charge in [-0.2, -0.15) is 0 Å². The van der Waals surface area contributed by atoms with Gasteiger partial charge in [-0.1, -0.05) is 0 Å². The molecule has 2 N–H and O–H groups in total. The Morgan fingerprint density at radius 3 is 2.79 bits per heavy atom. The Hall–Kier alpha value is -1.89. The number of nitrogens with zero attached hydrogens (tertiary/aromatic N) is 1. The van der Waals surface area contributed by atoms with E-state index in [0.717, 1.165) is 0 Å². The Morgan fingerprint density at radius 2 is 2.16 bits per heavy atom. The van der Waals surface area contributed by atoms with Crippen molar-refractivity contribution in [2.45, 2.75) is 13.0 Å². The molecule has 1 heterocycles. The monoisotopic (exact) mass is 326 g/mol. The fourth-order valence-electron chi connectivity index (χ4n) is 1.77. The average molecular weight is 327 g/mol. The summed E-state index contributed by atoms with van der Waals surface area (Å²) in [4.78, 5) is 36.2. The highest BCUT2D eigenvalue weighted by molar-refractivity contribution is 9.10. The van der Waals surface area contributed by atoms with Crippen LogP contribution in [-0.4, -0.2) is 40.3 Å². The molecule has 1 unspecified atom stereocenters. The second kappa shape index (κ2) is 5.00. The SMILES string of the molecule is CC1C(=O)NC(=O)CN1C(=O)c1ccc(Br)c(O)c1. The van der Waals surface area contributed by atoms with Crippen molar-refractivity contribution in [1.29, 1.82) is 0 Å².